The second kappa shape index (κ2) is 9.53. The van der Waals surface area contributed by atoms with Crippen LogP contribution in [-0.2, 0) is 16.2 Å². The number of barbiturate groups is 1. The number of urea groups is 1. The first-order chi connectivity index (χ1) is 15.8. The lowest BCUT2D eigenvalue weighted by atomic mass is 10.1. The third-order valence-corrected chi connectivity index (χ3v) is 6.23. The van der Waals surface area contributed by atoms with E-state index in [9.17, 15) is 24.5 Å². The van der Waals surface area contributed by atoms with Crippen molar-refractivity contribution in [3.05, 3.63) is 73.8 Å². The van der Waals surface area contributed by atoms with Gasteiger partial charge in [-0.1, -0.05) is 31.0 Å². The van der Waals surface area contributed by atoms with E-state index in [1.54, 1.807) is 30.3 Å². The van der Waals surface area contributed by atoms with Crippen molar-refractivity contribution in [2.45, 2.75) is 38.3 Å². The number of hydrogen-bond acceptors (Lipinski definition) is 6. The normalized spacial score (nSPS) is 18.0. The van der Waals surface area contributed by atoms with E-state index in [-0.39, 0.29) is 23.9 Å². The quantitative estimate of drug-likeness (QED) is 0.265. The molecule has 0 aromatic heterocycles. The molecular weight excluding hydrogens is 494 g/mol. The summed E-state index contributed by atoms with van der Waals surface area (Å²) in [6, 6.07) is 10.3. The third-order valence-electron chi connectivity index (χ3n) is 5.61. The van der Waals surface area contributed by atoms with Crippen LogP contribution in [0.1, 0.15) is 36.8 Å². The van der Waals surface area contributed by atoms with Crippen molar-refractivity contribution in [1.29, 1.82) is 0 Å². The van der Waals surface area contributed by atoms with Crippen LogP contribution >= 0.6 is 15.9 Å². The number of nitro groups is 1. The molecule has 2 aliphatic rings. The van der Waals surface area contributed by atoms with Crippen molar-refractivity contribution in [1.82, 2.24) is 10.2 Å². The molecule has 1 aliphatic heterocycles. The molecule has 4 rings (SSSR count). The topological polar surface area (TPSA) is 119 Å². The van der Waals surface area contributed by atoms with E-state index >= 15 is 0 Å². The number of rotatable bonds is 6. The van der Waals surface area contributed by atoms with E-state index in [2.05, 4.69) is 21.2 Å². The van der Waals surface area contributed by atoms with Crippen LogP contribution in [0.4, 0.5) is 10.5 Å². The average molecular weight is 514 g/mol. The number of imide groups is 2. The van der Waals surface area contributed by atoms with Gasteiger partial charge in [0.2, 0.25) is 0 Å². The number of carbonyl (C=O) groups is 3. The van der Waals surface area contributed by atoms with Gasteiger partial charge in [0.15, 0.2) is 0 Å². The first kappa shape index (κ1) is 22.7. The molecule has 0 spiro atoms. The predicted octanol–water partition coefficient (Wildman–Crippen LogP) is 4.34. The first-order valence-electron chi connectivity index (χ1n) is 10.4. The predicted molar refractivity (Wildman–Crippen MR) is 122 cm³/mol. The summed E-state index contributed by atoms with van der Waals surface area (Å²) in [4.78, 5) is 49.1. The van der Waals surface area contributed by atoms with E-state index < -0.39 is 22.8 Å². The second-order valence-corrected chi connectivity index (χ2v) is 8.69. The van der Waals surface area contributed by atoms with Gasteiger partial charge in [0.1, 0.15) is 17.9 Å². The molecule has 0 radical (unpaired) electrons. The molecule has 1 heterocycles. The summed E-state index contributed by atoms with van der Waals surface area (Å²) >= 11 is 3.42. The van der Waals surface area contributed by atoms with Gasteiger partial charge in [-0.15, -0.1) is 0 Å². The molecule has 1 saturated heterocycles. The third kappa shape index (κ3) is 4.95. The van der Waals surface area contributed by atoms with E-state index in [4.69, 9.17) is 4.74 Å². The number of halogens is 1. The zero-order valence-corrected chi connectivity index (χ0v) is 19.0. The molecule has 2 aromatic rings. The maximum atomic E-state index is 12.9. The van der Waals surface area contributed by atoms with Crippen LogP contribution in [0, 0.1) is 10.1 Å². The number of nitro benzene ring substituents is 1. The lowest BCUT2D eigenvalue weighted by Crippen LogP contribution is -2.57. The van der Waals surface area contributed by atoms with Crippen LogP contribution in [0.25, 0.3) is 6.08 Å². The van der Waals surface area contributed by atoms with Crippen molar-refractivity contribution >= 4 is 45.5 Å². The highest BCUT2D eigenvalue weighted by atomic mass is 79.9. The minimum absolute atomic E-state index is 0.0160. The van der Waals surface area contributed by atoms with E-state index in [1.165, 1.54) is 18.2 Å². The smallest absolute Gasteiger partial charge is 0.331 e. The Kier molecular flexibility index (Phi) is 6.55. The van der Waals surface area contributed by atoms with Crippen molar-refractivity contribution in [2.75, 3.05) is 0 Å². The minimum atomic E-state index is -0.721. The molecule has 9 nitrogen and oxygen atoms in total. The van der Waals surface area contributed by atoms with E-state index in [1.807, 2.05) is 0 Å². The van der Waals surface area contributed by atoms with Crippen LogP contribution in [0.2, 0.25) is 0 Å². The Balaban J connectivity index is 1.50. The standard InChI is InChI=1S/C23H20BrN3O6/c24-19-12-14(8-9-20(19)33-13-15-4-3-7-17(10-15)27(31)32)11-18-21(28)25-23(30)26(22(18)29)16-5-1-2-6-16/h3-4,7-12,16H,1-2,5-6,13H2,(H,25,28,30)/b18-11+. The van der Waals surface area contributed by atoms with Gasteiger partial charge in [-0.2, -0.15) is 0 Å². The number of benzene rings is 2. The average Bonchev–Trinajstić information content (AvgIpc) is 3.30. The van der Waals surface area contributed by atoms with Gasteiger partial charge in [0.05, 0.1) is 9.40 Å². The molecule has 1 aliphatic carbocycles. The van der Waals surface area contributed by atoms with E-state index in [0.29, 0.717) is 21.3 Å². The highest BCUT2D eigenvalue weighted by Gasteiger charge is 2.40. The molecule has 0 atom stereocenters. The molecule has 2 aromatic carbocycles. The number of ether oxygens (including phenoxy) is 1. The molecule has 0 bridgehead atoms. The summed E-state index contributed by atoms with van der Waals surface area (Å²) in [6.07, 6.45) is 4.81. The van der Waals surface area contributed by atoms with Gasteiger partial charge in [-0.3, -0.25) is 29.9 Å². The summed E-state index contributed by atoms with van der Waals surface area (Å²) in [5, 5.41) is 13.2. The number of carbonyl (C=O) groups excluding carboxylic acids is 3. The maximum absolute atomic E-state index is 12.9. The lowest BCUT2D eigenvalue weighted by Gasteiger charge is -2.31. The Morgan fingerprint density at radius 3 is 2.61 bits per heavy atom. The molecule has 0 unspecified atom stereocenters. The number of nitrogens with one attached hydrogen (secondary N) is 1. The Hall–Kier alpha value is -3.53. The molecular formula is C23H20BrN3O6. The monoisotopic (exact) mass is 513 g/mol. The van der Waals surface area contributed by atoms with Crippen LogP contribution in [0.3, 0.4) is 0 Å². The zero-order valence-electron chi connectivity index (χ0n) is 17.5. The largest absolute Gasteiger partial charge is 0.488 e. The maximum Gasteiger partial charge on any atom is 0.331 e. The van der Waals surface area contributed by atoms with Crippen molar-refractivity contribution < 1.29 is 24.0 Å². The zero-order chi connectivity index (χ0) is 23.5. The molecule has 1 saturated carbocycles. The fraction of sp³-hybridized carbons (Fsp3) is 0.261. The van der Waals surface area contributed by atoms with Gasteiger partial charge in [0.25, 0.3) is 17.5 Å². The van der Waals surface area contributed by atoms with Crippen molar-refractivity contribution in [3.8, 4) is 5.75 Å². The second-order valence-electron chi connectivity index (χ2n) is 7.84. The van der Waals surface area contributed by atoms with E-state index in [0.717, 1.165) is 30.6 Å². The number of non-ortho nitro benzene ring substituents is 1. The molecule has 10 heteroatoms. The molecule has 4 amide bonds. The summed E-state index contributed by atoms with van der Waals surface area (Å²) in [7, 11) is 0. The van der Waals surface area contributed by atoms with Crippen molar-refractivity contribution in [3.63, 3.8) is 0 Å². The Morgan fingerprint density at radius 2 is 1.91 bits per heavy atom. The first-order valence-corrected chi connectivity index (χ1v) is 11.2. The fourth-order valence-corrected chi connectivity index (χ4v) is 4.49. The van der Waals surface area contributed by atoms with Gasteiger partial charge >= 0.3 is 6.03 Å². The summed E-state index contributed by atoms with van der Waals surface area (Å²) < 4.78 is 6.33. The Morgan fingerprint density at radius 1 is 1.15 bits per heavy atom. The molecule has 2 fully saturated rings. The molecule has 33 heavy (non-hydrogen) atoms. The number of nitrogens with zero attached hydrogens (tertiary/aromatic N) is 2. The van der Waals surface area contributed by atoms with Crippen LogP contribution < -0.4 is 10.1 Å². The molecule has 170 valence electrons. The Bertz CT molecular complexity index is 1170. The van der Waals surface area contributed by atoms with Crippen LogP contribution in [0.5, 0.6) is 5.75 Å². The minimum Gasteiger partial charge on any atom is -0.488 e. The van der Waals surface area contributed by atoms with Crippen molar-refractivity contribution in [2.24, 2.45) is 0 Å². The molecule has 1 N–H and O–H groups in total. The number of hydrogen-bond donors (Lipinski definition) is 1. The summed E-state index contributed by atoms with van der Waals surface area (Å²) in [6.45, 7) is 0.125. The lowest BCUT2D eigenvalue weighted by molar-refractivity contribution is -0.384. The Labute approximate surface area is 197 Å². The van der Waals surface area contributed by atoms with Gasteiger partial charge < -0.3 is 4.74 Å². The summed E-state index contributed by atoms with van der Waals surface area (Å²) in [5.41, 5.74) is 1.10. The highest BCUT2D eigenvalue weighted by Crippen LogP contribution is 2.30. The van der Waals surface area contributed by atoms with Crippen LogP contribution in [-0.4, -0.2) is 33.7 Å². The van der Waals surface area contributed by atoms with Gasteiger partial charge in [-0.25, -0.2) is 4.79 Å². The number of amides is 4. The fourth-order valence-electron chi connectivity index (χ4n) is 3.98. The van der Waals surface area contributed by atoms with Crippen LogP contribution in [0.15, 0.2) is 52.5 Å². The van der Waals surface area contributed by atoms with Gasteiger partial charge in [-0.05, 0) is 58.1 Å². The highest BCUT2D eigenvalue weighted by molar-refractivity contribution is 9.10. The van der Waals surface area contributed by atoms with Gasteiger partial charge in [0, 0.05) is 18.2 Å². The SMILES string of the molecule is O=C1NC(=O)N(C2CCCC2)C(=O)/C1=C/c1ccc(OCc2cccc([N+](=O)[O-])c2)c(Br)c1. The summed E-state index contributed by atoms with van der Waals surface area (Å²) in [5.74, 6) is -0.815.